The summed E-state index contributed by atoms with van der Waals surface area (Å²) in [6.45, 7) is 1.46. The summed E-state index contributed by atoms with van der Waals surface area (Å²) in [5, 5.41) is 3.14. The van der Waals surface area contributed by atoms with E-state index in [2.05, 4.69) is 5.32 Å². The SMILES string of the molecule is COc1ccc(CN2CC(C(=O)NC3(CN)CCCC3)CC2=O)cc1. The van der Waals surface area contributed by atoms with Gasteiger partial charge in [0.1, 0.15) is 5.75 Å². The van der Waals surface area contributed by atoms with E-state index < -0.39 is 0 Å². The first-order chi connectivity index (χ1) is 12.0. The Morgan fingerprint density at radius 1 is 1.32 bits per heavy atom. The first kappa shape index (κ1) is 17.7. The Morgan fingerprint density at radius 3 is 2.60 bits per heavy atom. The van der Waals surface area contributed by atoms with Gasteiger partial charge in [-0.25, -0.2) is 0 Å². The minimum Gasteiger partial charge on any atom is -0.497 e. The summed E-state index contributed by atoms with van der Waals surface area (Å²) < 4.78 is 5.15. The largest absolute Gasteiger partial charge is 0.497 e. The van der Waals surface area contributed by atoms with E-state index in [9.17, 15) is 9.59 Å². The molecule has 1 heterocycles. The van der Waals surface area contributed by atoms with Crippen LogP contribution in [-0.4, -0.2) is 42.5 Å². The molecule has 3 N–H and O–H groups in total. The highest BCUT2D eigenvalue weighted by Gasteiger charge is 2.39. The minimum atomic E-state index is -0.283. The molecule has 1 aromatic rings. The molecule has 0 bridgehead atoms. The summed E-state index contributed by atoms with van der Waals surface area (Å²) >= 11 is 0. The van der Waals surface area contributed by atoms with Crippen LogP contribution in [0.25, 0.3) is 0 Å². The first-order valence-corrected chi connectivity index (χ1v) is 8.98. The van der Waals surface area contributed by atoms with E-state index in [0.717, 1.165) is 37.0 Å². The Bertz CT molecular complexity index is 623. The van der Waals surface area contributed by atoms with Crippen molar-refractivity contribution in [2.75, 3.05) is 20.2 Å². The van der Waals surface area contributed by atoms with Crippen molar-refractivity contribution in [3.05, 3.63) is 29.8 Å². The number of carbonyl (C=O) groups is 2. The third kappa shape index (κ3) is 3.95. The lowest BCUT2D eigenvalue weighted by Crippen LogP contribution is -2.53. The number of likely N-dealkylation sites (tertiary alicyclic amines) is 1. The molecule has 1 unspecified atom stereocenters. The number of carbonyl (C=O) groups excluding carboxylic acids is 2. The molecule has 1 saturated heterocycles. The summed E-state index contributed by atoms with van der Waals surface area (Å²) in [5.41, 5.74) is 6.67. The van der Waals surface area contributed by atoms with Gasteiger partial charge in [-0.15, -0.1) is 0 Å². The van der Waals surface area contributed by atoms with E-state index in [1.807, 2.05) is 24.3 Å². The molecule has 0 spiro atoms. The molecule has 1 aromatic carbocycles. The van der Waals surface area contributed by atoms with Gasteiger partial charge in [0.25, 0.3) is 0 Å². The van der Waals surface area contributed by atoms with Crippen molar-refractivity contribution in [3.63, 3.8) is 0 Å². The van der Waals surface area contributed by atoms with Crippen molar-refractivity contribution in [3.8, 4) is 5.75 Å². The molecule has 1 aliphatic carbocycles. The van der Waals surface area contributed by atoms with Crippen LogP contribution in [0.5, 0.6) is 5.75 Å². The van der Waals surface area contributed by atoms with E-state index in [-0.39, 0.29) is 29.7 Å². The van der Waals surface area contributed by atoms with Crippen LogP contribution in [0, 0.1) is 5.92 Å². The summed E-state index contributed by atoms with van der Waals surface area (Å²) in [7, 11) is 1.63. The van der Waals surface area contributed by atoms with E-state index in [1.54, 1.807) is 12.0 Å². The Balaban J connectivity index is 1.58. The normalized spacial score (nSPS) is 22.2. The van der Waals surface area contributed by atoms with Crippen LogP contribution in [0.1, 0.15) is 37.7 Å². The Morgan fingerprint density at radius 2 is 2.00 bits per heavy atom. The number of methoxy groups -OCH3 is 1. The van der Waals surface area contributed by atoms with Crippen molar-refractivity contribution in [2.24, 2.45) is 11.7 Å². The maximum Gasteiger partial charge on any atom is 0.225 e. The minimum absolute atomic E-state index is 0.0297. The van der Waals surface area contributed by atoms with Gasteiger partial charge >= 0.3 is 0 Å². The Labute approximate surface area is 148 Å². The monoisotopic (exact) mass is 345 g/mol. The highest BCUT2D eigenvalue weighted by molar-refractivity contribution is 5.89. The topological polar surface area (TPSA) is 84.7 Å². The van der Waals surface area contributed by atoms with Gasteiger partial charge in [-0.1, -0.05) is 25.0 Å². The highest BCUT2D eigenvalue weighted by Crippen LogP contribution is 2.30. The van der Waals surface area contributed by atoms with Gasteiger partial charge in [-0.05, 0) is 30.5 Å². The molecule has 1 saturated carbocycles. The maximum absolute atomic E-state index is 12.6. The third-order valence-corrected chi connectivity index (χ3v) is 5.46. The van der Waals surface area contributed by atoms with Crippen molar-refractivity contribution < 1.29 is 14.3 Å². The molecule has 2 fully saturated rings. The molecular formula is C19H27N3O3. The molecule has 6 heteroatoms. The van der Waals surface area contributed by atoms with Crippen molar-refractivity contribution in [2.45, 2.75) is 44.2 Å². The van der Waals surface area contributed by atoms with Gasteiger partial charge < -0.3 is 20.7 Å². The number of hydrogen-bond acceptors (Lipinski definition) is 4. The van der Waals surface area contributed by atoms with Gasteiger partial charge in [0, 0.05) is 26.1 Å². The van der Waals surface area contributed by atoms with Crippen LogP contribution in [0.2, 0.25) is 0 Å². The van der Waals surface area contributed by atoms with Crippen LogP contribution >= 0.6 is 0 Å². The average Bonchev–Trinajstić information content (AvgIpc) is 3.23. The highest BCUT2D eigenvalue weighted by atomic mass is 16.5. The number of benzene rings is 1. The fourth-order valence-electron chi connectivity index (χ4n) is 3.85. The number of nitrogens with zero attached hydrogens (tertiary/aromatic N) is 1. The third-order valence-electron chi connectivity index (χ3n) is 5.46. The predicted octanol–water partition coefficient (Wildman–Crippen LogP) is 1.43. The molecule has 0 radical (unpaired) electrons. The lowest BCUT2D eigenvalue weighted by Gasteiger charge is -2.30. The number of hydrogen-bond donors (Lipinski definition) is 2. The molecule has 1 atom stereocenters. The zero-order valence-corrected chi connectivity index (χ0v) is 14.8. The van der Waals surface area contributed by atoms with Crippen molar-refractivity contribution in [1.82, 2.24) is 10.2 Å². The van der Waals surface area contributed by atoms with Gasteiger partial charge in [0.2, 0.25) is 11.8 Å². The number of nitrogens with one attached hydrogen (secondary N) is 1. The summed E-state index contributed by atoms with van der Waals surface area (Å²) in [6, 6.07) is 7.65. The van der Waals surface area contributed by atoms with E-state index in [0.29, 0.717) is 19.6 Å². The average molecular weight is 345 g/mol. The van der Waals surface area contributed by atoms with Crippen LogP contribution < -0.4 is 15.8 Å². The predicted molar refractivity (Wildman–Crippen MR) is 94.9 cm³/mol. The molecule has 136 valence electrons. The zero-order valence-electron chi connectivity index (χ0n) is 14.8. The lowest BCUT2D eigenvalue weighted by atomic mass is 9.96. The van der Waals surface area contributed by atoms with Crippen LogP contribution in [-0.2, 0) is 16.1 Å². The van der Waals surface area contributed by atoms with Crippen LogP contribution in [0.15, 0.2) is 24.3 Å². The molecular weight excluding hydrogens is 318 g/mol. The first-order valence-electron chi connectivity index (χ1n) is 8.98. The van der Waals surface area contributed by atoms with Gasteiger partial charge in [-0.2, -0.15) is 0 Å². The second-order valence-corrected chi connectivity index (χ2v) is 7.20. The van der Waals surface area contributed by atoms with Gasteiger partial charge in [0.05, 0.1) is 18.6 Å². The van der Waals surface area contributed by atoms with Crippen molar-refractivity contribution >= 4 is 11.8 Å². The second kappa shape index (κ2) is 7.44. The van der Waals surface area contributed by atoms with E-state index >= 15 is 0 Å². The van der Waals surface area contributed by atoms with E-state index in [1.165, 1.54) is 0 Å². The fraction of sp³-hybridized carbons (Fsp3) is 0.579. The van der Waals surface area contributed by atoms with Crippen molar-refractivity contribution in [1.29, 1.82) is 0 Å². The molecule has 2 aliphatic rings. The number of amides is 2. The number of rotatable bonds is 6. The summed E-state index contributed by atoms with van der Waals surface area (Å²) in [6.07, 6.45) is 4.36. The second-order valence-electron chi connectivity index (χ2n) is 7.20. The van der Waals surface area contributed by atoms with Crippen LogP contribution in [0.3, 0.4) is 0 Å². The van der Waals surface area contributed by atoms with E-state index in [4.69, 9.17) is 10.5 Å². The van der Waals surface area contributed by atoms with Gasteiger partial charge in [-0.3, -0.25) is 9.59 Å². The van der Waals surface area contributed by atoms with Crippen LogP contribution in [0.4, 0.5) is 0 Å². The number of ether oxygens (including phenoxy) is 1. The molecule has 2 amide bonds. The lowest BCUT2D eigenvalue weighted by molar-refractivity contribution is -0.129. The summed E-state index contributed by atoms with van der Waals surface area (Å²) in [5.74, 6) is 0.509. The molecule has 0 aromatic heterocycles. The maximum atomic E-state index is 12.6. The Hall–Kier alpha value is -2.08. The Kier molecular flexibility index (Phi) is 5.27. The van der Waals surface area contributed by atoms with Gasteiger partial charge in [0.15, 0.2) is 0 Å². The number of nitrogens with two attached hydrogens (primary N) is 1. The fourth-order valence-corrected chi connectivity index (χ4v) is 3.85. The molecule has 3 rings (SSSR count). The quantitative estimate of drug-likeness (QED) is 0.817. The zero-order chi connectivity index (χ0) is 17.9. The molecule has 25 heavy (non-hydrogen) atoms. The molecule has 1 aliphatic heterocycles. The smallest absolute Gasteiger partial charge is 0.225 e. The molecule has 6 nitrogen and oxygen atoms in total. The summed E-state index contributed by atoms with van der Waals surface area (Å²) in [4.78, 5) is 26.7. The standard InChI is InChI=1S/C19H27N3O3/c1-25-16-6-4-14(5-7-16)11-22-12-15(10-17(22)23)18(24)21-19(13-20)8-2-3-9-19/h4-7,15H,2-3,8-13,20H2,1H3,(H,21,24).